The van der Waals surface area contributed by atoms with Crippen LogP contribution in [0.5, 0.6) is 0 Å². The molecule has 1 aliphatic rings. The van der Waals surface area contributed by atoms with Gasteiger partial charge in [-0.25, -0.2) is 9.50 Å². The summed E-state index contributed by atoms with van der Waals surface area (Å²) in [4.78, 5) is 18.8. The van der Waals surface area contributed by atoms with E-state index < -0.39 is 0 Å². The van der Waals surface area contributed by atoms with Crippen LogP contribution in [0.3, 0.4) is 0 Å². The molecular formula is C14H18N4O. The van der Waals surface area contributed by atoms with Crippen molar-refractivity contribution in [2.24, 2.45) is 0 Å². The van der Waals surface area contributed by atoms with Gasteiger partial charge in [0.1, 0.15) is 0 Å². The van der Waals surface area contributed by atoms with Crippen molar-refractivity contribution in [2.45, 2.75) is 33.1 Å². The van der Waals surface area contributed by atoms with Crippen LogP contribution in [0.2, 0.25) is 0 Å². The summed E-state index contributed by atoms with van der Waals surface area (Å²) in [6.07, 6.45) is 5.10. The van der Waals surface area contributed by atoms with E-state index in [2.05, 4.69) is 10.1 Å². The standard InChI is InChI=1S/C14H18N4O/c1-10-8-13-15-9-12(11(2)18(13)16-10)14(19)17-6-4-3-5-7-17/h8-9H,3-7H2,1-2H3. The molecular weight excluding hydrogens is 240 g/mol. The zero-order chi connectivity index (χ0) is 13.4. The molecule has 2 aromatic rings. The van der Waals surface area contributed by atoms with E-state index in [4.69, 9.17) is 0 Å². The predicted molar refractivity (Wildman–Crippen MR) is 72.2 cm³/mol. The number of likely N-dealkylation sites (tertiary alicyclic amines) is 1. The summed E-state index contributed by atoms with van der Waals surface area (Å²) < 4.78 is 1.76. The quantitative estimate of drug-likeness (QED) is 0.785. The van der Waals surface area contributed by atoms with Gasteiger partial charge in [0.15, 0.2) is 5.65 Å². The normalized spacial score (nSPS) is 16.0. The second kappa shape index (κ2) is 4.64. The molecule has 19 heavy (non-hydrogen) atoms. The smallest absolute Gasteiger partial charge is 0.257 e. The summed E-state index contributed by atoms with van der Waals surface area (Å²) >= 11 is 0. The number of hydrogen-bond donors (Lipinski definition) is 0. The fourth-order valence-corrected chi connectivity index (χ4v) is 2.64. The molecule has 5 heteroatoms. The first-order valence-electron chi connectivity index (χ1n) is 6.78. The van der Waals surface area contributed by atoms with Gasteiger partial charge in [0.25, 0.3) is 5.91 Å². The Kier molecular flexibility index (Phi) is 2.97. The van der Waals surface area contributed by atoms with Crippen molar-refractivity contribution in [1.29, 1.82) is 0 Å². The Hall–Kier alpha value is -1.91. The maximum Gasteiger partial charge on any atom is 0.257 e. The maximum absolute atomic E-state index is 12.5. The van der Waals surface area contributed by atoms with E-state index in [0.29, 0.717) is 5.56 Å². The van der Waals surface area contributed by atoms with E-state index in [1.54, 1.807) is 10.7 Å². The van der Waals surface area contributed by atoms with E-state index in [1.165, 1.54) is 6.42 Å². The van der Waals surface area contributed by atoms with E-state index in [0.717, 1.165) is 43.0 Å². The lowest BCUT2D eigenvalue weighted by Gasteiger charge is -2.27. The van der Waals surface area contributed by atoms with Crippen LogP contribution >= 0.6 is 0 Å². The van der Waals surface area contributed by atoms with Gasteiger partial charge in [-0.1, -0.05) is 0 Å². The lowest BCUT2D eigenvalue weighted by atomic mass is 10.1. The first-order chi connectivity index (χ1) is 9.16. The Morgan fingerprint density at radius 2 is 1.95 bits per heavy atom. The number of carbonyl (C=O) groups is 1. The Morgan fingerprint density at radius 1 is 1.21 bits per heavy atom. The van der Waals surface area contributed by atoms with Crippen LogP contribution in [-0.2, 0) is 0 Å². The Morgan fingerprint density at radius 3 is 2.68 bits per heavy atom. The van der Waals surface area contributed by atoms with Gasteiger partial charge in [0.05, 0.1) is 17.0 Å². The Bertz CT molecular complexity index is 626. The number of hydrogen-bond acceptors (Lipinski definition) is 3. The number of nitrogens with zero attached hydrogens (tertiary/aromatic N) is 4. The largest absolute Gasteiger partial charge is 0.339 e. The average molecular weight is 258 g/mol. The molecule has 0 spiro atoms. The molecule has 1 fully saturated rings. The van der Waals surface area contributed by atoms with Gasteiger partial charge in [0, 0.05) is 25.4 Å². The zero-order valence-corrected chi connectivity index (χ0v) is 11.4. The highest BCUT2D eigenvalue weighted by molar-refractivity contribution is 5.95. The lowest BCUT2D eigenvalue weighted by molar-refractivity contribution is 0.0722. The summed E-state index contributed by atoms with van der Waals surface area (Å²) in [6, 6.07) is 1.92. The van der Waals surface area contributed by atoms with Crippen molar-refractivity contribution in [2.75, 3.05) is 13.1 Å². The third-order valence-corrected chi connectivity index (χ3v) is 3.72. The van der Waals surface area contributed by atoms with Gasteiger partial charge >= 0.3 is 0 Å². The monoisotopic (exact) mass is 258 g/mol. The molecule has 2 aromatic heterocycles. The second-order valence-corrected chi connectivity index (χ2v) is 5.17. The maximum atomic E-state index is 12.5. The van der Waals surface area contributed by atoms with Crippen LogP contribution < -0.4 is 0 Å². The molecule has 3 heterocycles. The summed E-state index contributed by atoms with van der Waals surface area (Å²) in [5, 5.41) is 4.38. The molecule has 0 N–H and O–H groups in total. The minimum atomic E-state index is 0.0831. The molecule has 1 saturated heterocycles. The first-order valence-corrected chi connectivity index (χ1v) is 6.78. The molecule has 0 atom stereocenters. The second-order valence-electron chi connectivity index (χ2n) is 5.17. The fourth-order valence-electron chi connectivity index (χ4n) is 2.64. The number of fused-ring (bicyclic) bond motifs is 1. The molecule has 1 amide bonds. The van der Waals surface area contributed by atoms with Crippen LogP contribution in [0.4, 0.5) is 0 Å². The zero-order valence-electron chi connectivity index (χ0n) is 11.4. The Labute approximate surface area is 112 Å². The van der Waals surface area contributed by atoms with Crippen molar-refractivity contribution in [3.8, 4) is 0 Å². The van der Waals surface area contributed by atoms with Gasteiger partial charge in [-0.05, 0) is 33.1 Å². The Balaban J connectivity index is 1.99. The van der Waals surface area contributed by atoms with Crippen LogP contribution in [0.25, 0.3) is 5.65 Å². The molecule has 0 aromatic carbocycles. The number of aryl methyl sites for hydroxylation is 2. The van der Waals surface area contributed by atoms with E-state index in [-0.39, 0.29) is 5.91 Å². The van der Waals surface area contributed by atoms with Gasteiger partial charge in [-0.3, -0.25) is 4.79 Å². The molecule has 1 aliphatic heterocycles. The van der Waals surface area contributed by atoms with Crippen LogP contribution in [0.1, 0.15) is 41.0 Å². The summed E-state index contributed by atoms with van der Waals surface area (Å²) in [6.45, 7) is 5.57. The topological polar surface area (TPSA) is 50.5 Å². The third kappa shape index (κ3) is 2.09. The van der Waals surface area contributed by atoms with Crippen LogP contribution in [0.15, 0.2) is 12.3 Å². The molecule has 100 valence electrons. The highest BCUT2D eigenvalue weighted by Gasteiger charge is 2.21. The van der Waals surface area contributed by atoms with Gasteiger partial charge in [-0.2, -0.15) is 5.10 Å². The highest BCUT2D eigenvalue weighted by atomic mass is 16.2. The predicted octanol–water partition coefficient (Wildman–Crippen LogP) is 1.97. The van der Waals surface area contributed by atoms with E-state index in [1.807, 2.05) is 24.8 Å². The molecule has 0 unspecified atom stereocenters. The first kappa shape index (κ1) is 12.1. The molecule has 3 rings (SSSR count). The van der Waals surface area contributed by atoms with Gasteiger partial charge < -0.3 is 4.90 Å². The number of piperidine rings is 1. The van der Waals surface area contributed by atoms with Crippen molar-refractivity contribution >= 4 is 11.6 Å². The summed E-state index contributed by atoms with van der Waals surface area (Å²) in [5.74, 6) is 0.0831. The van der Waals surface area contributed by atoms with Crippen molar-refractivity contribution in [3.63, 3.8) is 0 Å². The molecule has 0 radical (unpaired) electrons. The van der Waals surface area contributed by atoms with Crippen LogP contribution in [-0.4, -0.2) is 38.5 Å². The third-order valence-electron chi connectivity index (χ3n) is 3.72. The number of carbonyl (C=O) groups excluding carboxylic acids is 1. The average Bonchev–Trinajstić information content (AvgIpc) is 2.81. The lowest BCUT2D eigenvalue weighted by Crippen LogP contribution is -2.36. The SMILES string of the molecule is Cc1cc2ncc(C(=O)N3CCCCC3)c(C)n2n1. The molecule has 0 saturated carbocycles. The summed E-state index contributed by atoms with van der Waals surface area (Å²) in [7, 11) is 0. The van der Waals surface area contributed by atoms with Crippen molar-refractivity contribution in [3.05, 3.63) is 29.2 Å². The van der Waals surface area contributed by atoms with Crippen molar-refractivity contribution in [1.82, 2.24) is 19.5 Å². The highest BCUT2D eigenvalue weighted by Crippen LogP contribution is 2.16. The number of rotatable bonds is 1. The minimum Gasteiger partial charge on any atom is -0.339 e. The van der Waals surface area contributed by atoms with Gasteiger partial charge in [-0.15, -0.1) is 0 Å². The van der Waals surface area contributed by atoms with E-state index in [9.17, 15) is 4.79 Å². The fraction of sp³-hybridized carbons (Fsp3) is 0.500. The molecule has 5 nitrogen and oxygen atoms in total. The van der Waals surface area contributed by atoms with Crippen LogP contribution in [0, 0.1) is 13.8 Å². The number of aromatic nitrogens is 3. The van der Waals surface area contributed by atoms with E-state index >= 15 is 0 Å². The summed E-state index contributed by atoms with van der Waals surface area (Å²) in [5.41, 5.74) is 3.24. The van der Waals surface area contributed by atoms with Crippen molar-refractivity contribution < 1.29 is 4.79 Å². The number of amides is 1. The molecule has 0 aliphatic carbocycles. The molecule has 0 bridgehead atoms. The minimum absolute atomic E-state index is 0.0831. The van der Waals surface area contributed by atoms with Gasteiger partial charge in [0.2, 0.25) is 0 Å².